The standard InChI is InChI=1S/C22H34N6.HI/c1-4-23-22(27(3)17-19-13-11-18(2)12-14-19)24-15-8-10-21-26-25-20-9-6-5-7-16-28(20)21;/h11-14H,4-10,15-17H2,1-3H3,(H,23,24);1H. The molecular weight excluding hydrogens is 475 g/mol. The molecule has 1 aliphatic rings. The van der Waals surface area contributed by atoms with Gasteiger partial charge in [-0.05, 0) is 38.7 Å². The number of aromatic nitrogens is 3. The van der Waals surface area contributed by atoms with Crippen LogP contribution >= 0.6 is 24.0 Å². The minimum absolute atomic E-state index is 0. The fourth-order valence-corrected chi connectivity index (χ4v) is 3.66. The number of hydrogen-bond donors (Lipinski definition) is 1. The summed E-state index contributed by atoms with van der Waals surface area (Å²) in [5.41, 5.74) is 2.59. The Morgan fingerprint density at radius 1 is 1.17 bits per heavy atom. The minimum atomic E-state index is 0. The maximum absolute atomic E-state index is 4.83. The SMILES string of the molecule is CCNC(=NCCCc1nnc2n1CCCCC2)N(C)Cc1ccc(C)cc1.I. The molecule has 0 radical (unpaired) electrons. The van der Waals surface area contributed by atoms with Crippen LogP contribution < -0.4 is 5.32 Å². The summed E-state index contributed by atoms with van der Waals surface area (Å²) < 4.78 is 2.34. The van der Waals surface area contributed by atoms with E-state index < -0.39 is 0 Å². The van der Waals surface area contributed by atoms with E-state index in [4.69, 9.17) is 4.99 Å². The molecule has 2 aromatic rings. The van der Waals surface area contributed by atoms with Gasteiger partial charge in [0.15, 0.2) is 5.96 Å². The van der Waals surface area contributed by atoms with Crippen molar-refractivity contribution < 1.29 is 0 Å². The van der Waals surface area contributed by atoms with Gasteiger partial charge in [-0.1, -0.05) is 36.2 Å². The number of nitrogens with one attached hydrogen (secondary N) is 1. The van der Waals surface area contributed by atoms with Crippen LogP contribution in [0.4, 0.5) is 0 Å². The Hall–Kier alpha value is -1.64. The van der Waals surface area contributed by atoms with Crippen LogP contribution in [-0.4, -0.2) is 45.8 Å². The van der Waals surface area contributed by atoms with Crippen LogP contribution in [0.1, 0.15) is 55.4 Å². The van der Waals surface area contributed by atoms with Crippen molar-refractivity contribution in [3.8, 4) is 0 Å². The number of aliphatic imine (C=N–C) groups is 1. The largest absolute Gasteiger partial charge is 0.357 e. The predicted molar refractivity (Wildman–Crippen MR) is 130 cm³/mol. The zero-order valence-electron chi connectivity index (χ0n) is 18.0. The fourth-order valence-electron chi connectivity index (χ4n) is 3.66. The van der Waals surface area contributed by atoms with Gasteiger partial charge >= 0.3 is 0 Å². The summed E-state index contributed by atoms with van der Waals surface area (Å²) in [6, 6.07) is 8.70. The van der Waals surface area contributed by atoms with Gasteiger partial charge in [0, 0.05) is 46.1 Å². The number of aryl methyl sites for hydroxylation is 3. The molecule has 0 unspecified atom stereocenters. The second kappa shape index (κ2) is 12.1. The Morgan fingerprint density at radius 3 is 2.72 bits per heavy atom. The summed E-state index contributed by atoms with van der Waals surface area (Å²) in [7, 11) is 2.10. The molecule has 0 amide bonds. The molecule has 2 heterocycles. The molecule has 1 N–H and O–H groups in total. The smallest absolute Gasteiger partial charge is 0.193 e. The van der Waals surface area contributed by atoms with Crippen molar-refractivity contribution in [2.45, 2.75) is 65.5 Å². The molecule has 3 rings (SSSR count). The lowest BCUT2D eigenvalue weighted by atomic mass is 10.1. The molecule has 1 aromatic heterocycles. The van der Waals surface area contributed by atoms with Crippen LogP contribution in [0.25, 0.3) is 0 Å². The number of fused-ring (bicyclic) bond motifs is 1. The number of halogens is 1. The summed E-state index contributed by atoms with van der Waals surface area (Å²) in [4.78, 5) is 7.02. The number of benzene rings is 1. The monoisotopic (exact) mass is 510 g/mol. The van der Waals surface area contributed by atoms with Gasteiger partial charge in [-0.25, -0.2) is 0 Å². The van der Waals surface area contributed by atoms with Crippen LogP contribution in [0, 0.1) is 6.92 Å². The summed E-state index contributed by atoms with van der Waals surface area (Å²) in [5, 5.41) is 12.2. The Labute approximate surface area is 192 Å². The van der Waals surface area contributed by atoms with E-state index in [9.17, 15) is 0 Å². The molecule has 7 heteroatoms. The van der Waals surface area contributed by atoms with Gasteiger partial charge in [-0.3, -0.25) is 4.99 Å². The first-order valence-electron chi connectivity index (χ1n) is 10.6. The van der Waals surface area contributed by atoms with E-state index in [2.05, 4.69) is 70.1 Å². The first kappa shape index (κ1) is 23.6. The first-order valence-corrected chi connectivity index (χ1v) is 10.6. The topological polar surface area (TPSA) is 58.3 Å². The van der Waals surface area contributed by atoms with Gasteiger partial charge in [0.1, 0.15) is 11.6 Å². The van der Waals surface area contributed by atoms with Crippen molar-refractivity contribution in [2.75, 3.05) is 20.1 Å². The highest BCUT2D eigenvalue weighted by Gasteiger charge is 2.14. The summed E-state index contributed by atoms with van der Waals surface area (Å²) in [6.45, 7) is 7.82. The Balaban J connectivity index is 0.00000300. The van der Waals surface area contributed by atoms with Crippen molar-refractivity contribution in [2.24, 2.45) is 4.99 Å². The van der Waals surface area contributed by atoms with Crippen LogP contribution in [0.15, 0.2) is 29.3 Å². The second-order valence-corrected chi connectivity index (χ2v) is 7.68. The van der Waals surface area contributed by atoms with Gasteiger partial charge in [0.2, 0.25) is 0 Å². The average molecular weight is 510 g/mol. The Morgan fingerprint density at radius 2 is 1.97 bits per heavy atom. The van der Waals surface area contributed by atoms with Gasteiger partial charge in [0.05, 0.1) is 0 Å². The normalized spacial score (nSPS) is 14.0. The summed E-state index contributed by atoms with van der Waals surface area (Å²) >= 11 is 0. The third-order valence-electron chi connectivity index (χ3n) is 5.24. The van der Waals surface area contributed by atoms with Crippen molar-refractivity contribution >= 4 is 29.9 Å². The molecule has 1 aliphatic heterocycles. The molecule has 29 heavy (non-hydrogen) atoms. The molecular formula is C22H35IN6. The lowest BCUT2D eigenvalue weighted by Crippen LogP contribution is -2.38. The predicted octanol–water partition coefficient (Wildman–Crippen LogP) is 3.96. The average Bonchev–Trinajstić information content (AvgIpc) is 2.92. The van der Waals surface area contributed by atoms with E-state index in [1.54, 1.807) is 0 Å². The molecule has 160 valence electrons. The van der Waals surface area contributed by atoms with Gasteiger partial charge < -0.3 is 14.8 Å². The highest BCUT2D eigenvalue weighted by atomic mass is 127. The third-order valence-corrected chi connectivity index (χ3v) is 5.24. The zero-order chi connectivity index (χ0) is 19.8. The molecule has 1 aromatic carbocycles. The maximum Gasteiger partial charge on any atom is 0.193 e. The van der Waals surface area contributed by atoms with Crippen LogP contribution in [0.2, 0.25) is 0 Å². The Bertz CT molecular complexity index is 768. The molecule has 6 nitrogen and oxygen atoms in total. The molecule has 0 atom stereocenters. The van der Waals surface area contributed by atoms with Gasteiger partial charge in [-0.2, -0.15) is 0 Å². The van der Waals surface area contributed by atoms with Crippen LogP contribution in [0.3, 0.4) is 0 Å². The maximum atomic E-state index is 4.83. The highest BCUT2D eigenvalue weighted by Crippen LogP contribution is 2.15. The quantitative estimate of drug-likeness (QED) is 0.265. The van der Waals surface area contributed by atoms with E-state index in [-0.39, 0.29) is 24.0 Å². The zero-order valence-corrected chi connectivity index (χ0v) is 20.4. The highest BCUT2D eigenvalue weighted by molar-refractivity contribution is 14.0. The van der Waals surface area contributed by atoms with Crippen LogP contribution in [-0.2, 0) is 25.9 Å². The van der Waals surface area contributed by atoms with E-state index in [1.165, 1.54) is 36.2 Å². The van der Waals surface area contributed by atoms with Crippen molar-refractivity contribution in [1.29, 1.82) is 0 Å². The lowest BCUT2D eigenvalue weighted by molar-refractivity contribution is 0.476. The van der Waals surface area contributed by atoms with Crippen LogP contribution in [0.5, 0.6) is 0 Å². The van der Waals surface area contributed by atoms with Gasteiger partial charge in [0.25, 0.3) is 0 Å². The number of rotatable bonds is 7. The van der Waals surface area contributed by atoms with Crippen molar-refractivity contribution in [3.63, 3.8) is 0 Å². The summed E-state index contributed by atoms with van der Waals surface area (Å²) in [5.74, 6) is 3.26. The first-order chi connectivity index (χ1) is 13.7. The van der Waals surface area contributed by atoms with Gasteiger partial charge in [-0.15, -0.1) is 34.2 Å². The van der Waals surface area contributed by atoms with E-state index in [0.717, 1.165) is 57.2 Å². The molecule has 0 fully saturated rings. The number of guanidine groups is 1. The third kappa shape index (κ3) is 6.97. The minimum Gasteiger partial charge on any atom is -0.357 e. The molecule has 0 bridgehead atoms. The van der Waals surface area contributed by atoms with E-state index in [0.29, 0.717) is 0 Å². The molecule has 0 saturated carbocycles. The lowest BCUT2D eigenvalue weighted by Gasteiger charge is -2.22. The fraction of sp³-hybridized carbons (Fsp3) is 0.591. The van der Waals surface area contributed by atoms with E-state index >= 15 is 0 Å². The Kier molecular flexibility index (Phi) is 9.90. The number of hydrogen-bond acceptors (Lipinski definition) is 3. The summed E-state index contributed by atoms with van der Waals surface area (Å²) in [6.07, 6.45) is 6.78. The number of nitrogens with zero attached hydrogens (tertiary/aromatic N) is 5. The van der Waals surface area contributed by atoms with Crippen molar-refractivity contribution in [1.82, 2.24) is 25.0 Å². The van der Waals surface area contributed by atoms with E-state index in [1.807, 2.05) is 0 Å². The second-order valence-electron chi connectivity index (χ2n) is 7.68. The van der Waals surface area contributed by atoms with Crippen molar-refractivity contribution in [3.05, 3.63) is 47.0 Å². The molecule has 0 spiro atoms. The molecule has 0 aliphatic carbocycles. The molecule has 0 saturated heterocycles.